The lowest BCUT2D eigenvalue weighted by Gasteiger charge is -2.33. The monoisotopic (exact) mass is 446 g/mol. The molecule has 0 spiro atoms. The number of nitrogens with zero attached hydrogens (tertiary/aromatic N) is 3. The molecular weight excluding hydrogens is 427 g/mol. The molecule has 3 aromatic rings. The van der Waals surface area contributed by atoms with Crippen molar-refractivity contribution in [1.82, 2.24) is 14.9 Å². The minimum atomic E-state index is -1.09. The minimum absolute atomic E-state index is 0.0618. The maximum atomic E-state index is 14.0. The normalized spacial score (nSPS) is 12.3. The number of hydrogen-bond acceptors (Lipinski definition) is 5. The summed E-state index contributed by atoms with van der Waals surface area (Å²) < 4.78 is 17.8. The van der Waals surface area contributed by atoms with Gasteiger partial charge in [0.25, 0.3) is 5.91 Å². The topological polar surface area (TPSA) is 75.2 Å². The molecular formula is C21H20ClFN4O2S. The lowest BCUT2D eigenvalue weighted by atomic mass is 10.0. The van der Waals surface area contributed by atoms with Gasteiger partial charge in [-0.1, -0.05) is 34.3 Å². The van der Waals surface area contributed by atoms with E-state index in [9.17, 15) is 14.0 Å². The summed E-state index contributed by atoms with van der Waals surface area (Å²) >= 11 is 7.03. The van der Waals surface area contributed by atoms with Crippen molar-refractivity contribution in [3.8, 4) is 0 Å². The third-order valence-electron chi connectivity index (χ3n) is 4.07. The first-order valence-electron chi connectivity index (χ1n) is 9.09. The third kappa shape index (κ3) is 5.20. The number of anilines is 1. The molecule has 3 rings (SSSR count). The predicted molar refractivity (Wildman–Crippen MR) is 115 cm³/mol. The molecule has 2 amide bonds. The molecule has 156 valence electrons. The molecule has 0 aliphatic heterocycles. The van der Waals surface area contributed by atoms with E-state index in [-0.39, 0.29) is 11.4 Å². The van der Waals surface area contributed by atoms with Gasteiger partial charge >= 0.3 is 0 Å². The second-order valence-electron chi connectivity index (χ2n) is 7.64. The fraction of sp³-hybridized carbons (Fsp3) is 0.238. The van der Waals surface area contributed by atoms with Crippen molar-refractivity contribution in [2.24, 2.45) is 0 Å². The van der Waals surface area contributed by atoms with Gasteiger partial charge < -0.3 is 5.32 Å². The lowest BCUT2D eigenvalue weighted by molar-refractivity contribution is -0.123. The van der Waals surface area contributed by atoms with E-state index in [1.54, 1.807) is 30.3 Å². The number of amides is 2. The third-order valence-corrected chi connectivity index (χ3v) is 4.83. The molecule has 1 atom stereocenters. The molecule has 0 unspecified atom stereocenters. The largest absolute Gasteiger partial charge is 0.349 e. The van der Waals surface area contributed by atoms with Crippen molar-refractivity contribution in [1.29, 1.82) is 0 Å². The fourth-order valence-electron chi connectivity index (χ4n) is 2.89. The lowest BCUT2D eigenvalue weighted by Crippen LogP contribution is -2.49. The van der Waals surface area contributed by atoms with E-state index >= 15 is 0 Å². The molecule has 0 saturated carbocycles. The highest BCUT2D eigenvalue weighted by molar-refractivity contribution is 7.03. The first-order valence-corrected chi connectivity index (χ1v) is 10.3. The summed E-state index contributed by atoms with van der Waals surface area (Å²) in [5.41, 5.74) is 0.242. The summed E-state index contributed by atoms with van der Waals surface area (Å²) in [5.74, 6) is -1.53. The van der Waals surface area contributed by atoms with Crippen LogP contribution in [0.4, 0.5) is 10.1 Å². The Kier molecular flexibility index (Phi) is 6.48. The van der Waals surface area contributed by atoms with Gasteiger partial charge in [-0.15, -0.1) is 5.10 Å². The maximum Gasteiger partial charge on any atom is 0.280 e. The van der Waals surface area contributed by atoms with E-state index in [2.05, 4.69) is 14.9 Å². The maximum absolute atomic E-state index is 14.0. The number of rotatable bonds is 5. The van der Waals surface area contributed by atoms with Crippen LogP contribution < -0.4 is 10.2 Å². The molecule has 6 nitrogen and oxygen atoms in total. The molecule has 2 aromatic carbocycles. The van der Waals surface area contributed by atoms with Gasteiger partial charge in [0.2, 0.25) is 5.91 Å². The van der Waals surface area contributed by atoms with E-state index in [1.807, 2.05) is 20.8 Å². The summed E-state index contributed by atoms with van der Waals surface area (Å²) in [6, 6.07) is 11.0. The van der Waals surface area contributed by atoms with E-state index in [1.165, 1.54) is 28.5 Å². The highest BCUT2D eigenvalue weighted by Gasteiger charge is 2.36. The summed E-state index contributed by atoms with van der Waals surface area (Å²) in [5, 5.41) is 8.71. The SMILES string of the molecule is CC(C)(C)NC(=O)[C@@H](c1ccc(Cl)cc1)N(C(=O)c1csnn1)c1cccc(F)c1. The molecule has 9 heteroatoms. The molecule has 0 bridgehead atoms. The number of aromatic nitrogens is 2. The van der Waals surface area contributed by atoms with Crippen molar-refractivity contribution in [2.75, 3.05) is 4.90 Å². The van der Waals surface area contributed by atoms with E-state index in [4.69, 9.17) is 11.6 Å². The Morgan fingerprint density at radius 1 is 1.17 bits per heavy atom. The van der Waals surface area contributed by atoms with Crippen LogP contribution in [0, 0.1) is 5.82 Å². The number of halogens is 2. The quantitative estimate of drug-likeness (QED) is 0.619. The average Bonchev–Trinajstić information content (AvgIpc) is 3.20. The van der Waals surface area contributed by atoms with Crippen LogP contribution in [0.2, 0.25) is 5.02 Å². The number of carbonyl (C=O) groups excluding carboxylic acids is 2. The van der Waals surface area contributed by atoms with Crippen LogP contribution >= 0.6 is 23.1 Å². The van der Waals surface area contributed by atoms with Gasteiger partial charge in [0.15, 0.2) is 5.69 Å². The van der Waals surface area contributed by atoms with Gasteiger partial charge in [0.1, 0.15) is 11.9 Å². The second-order valence-corrected chi connectivity index (χ2v) is 8.68. The molecule has 0 radical (unpaired) electrons. The number of benzene rings is 2. The van der Waals surface area contributed by atoms with Crippen LogP contribution in [0.3, 0.4) is 0 Å². The van der Waals surface area contributed by atoms with Crippen LogP contribution in [0.5, 0.6) is 0 Å². The van der Waals surface area contributed by atoms with Gasteiger partial charge in [-0.05, 0) is 68.2 Å². The molecule has 1 aromatic heterocycles. The van der Waals surface area contributed by atoms with Crippen LogP contribution in [0.25, 0.3) is 0 Å². The number of carbonyl (C=O) groups is 2. The Hall–Kier alpha value is -2.84. The minimum Gasteiger partial charge on any atom is -0.349 e. The number of nitrogens with one attached hydrogen (secondary N) is 1. The zero-order valence-corrected chi connectivity index (χ0v) is 18.2. The molecule has 30 heavy (non-hydrogen) atoms. The first kappa shape index (κ1) is 21.9. The van der Waals surface area contributed by atoms with Gasteiger partial charge in [0, 0.05) is 21.6 Å². The van der Waals surface area contributed by atoms with Gasteiger partial charge in [-0.25, -0.2) is 4.39 Å². The van der Waals surface area contributed by atoms with Crippen molar-refractivity contribution in [3.05, 3.63) is 76.0 Å². The van der Waals surface area contributed by atoms with Gasteiger partial charge in [-0.3, -0.25) is 14.5 Å². The van der Waals surface area contributed by atoms with Crippen molar-refractivity contribution in [2.45, 2.75) is 32.4 Å². The molecule has 0 fully saturated rings. The Morgan fingerprint density at radius 2 is 1.87 bits per heavy atom. The van der Waals surface area contributed by atoms with Crippen LogP contribution in [0.15, 0.2) is 53.9 Å². The zero-order valence-electron chi connectivity index (χ0n) is 16.6. The summed E-state index contributed by atoms with van der Waals surface area (Å²) in [6.45, 7) is 5.51. The second kappa shape index (κ2) is 8.89. The van der Waals surface area contributed by atoms with Crippen LogP contribution in [0.1, 0.15) is 42.9 Å². The Balaban J connectivity index is 2.18. The van der Waals surface area contributed by atoms with Crippen LogP contribution in [-0.4, -0.2) is 26.9 Å². The Morgan fingerprint density at radius 3 is 2.43 bits per heavy atom. The molecule has 1 N–H and O–H groups in total. The van der Waals surface area contributed by atoms with Crippen molar-refractivity contribution in [3.63, 3.8) is 0 Å². The molecule has 0 aliphatic rings. The summed E-state index contributed by atoms with van der Waals surface area (Å²) in [6.07, 6.45) is 0. The van der Waals surface area contributed by atoms with Crippen molar-refractivity contribution >= 4 is 40.6 Å². The highest BCUT2D eigenvalue weighted by Crippen LogP contribution is 2.31. The first-order chi connectivity index (χ1) is 14.2. The van der Waals surface area contributed by atoms with Gasteiger partial charge in [0.05, 0.1) is 0 Å². The van der Waals surface area contributed by atoms with E-state index in [0.717, 1.165) is 11.5 Å². The Bertz CT molecular complexity index is 1040. The molecule has 1 heterocycles. The number of hydrogen-bond donors (Lipinski definition) is 1. The predicted octanol–water partition coefficient (Wildman–Crippen LogP) is 4.63. The molecule has 0 aliphatic carbocycles. The standard InChI is InChI=1S/C21H20ClFN4O2S/c1-21(2,3)24-19(28)18(13-7-9-14(22)10-8-13)27(16-6-4-5-15(23)11-16)20(29)17-12-30-26-25-17/h4-12,18H,1-3H3,(H,24,28)/t18-/m1/s1. The van der Waals surface area contributed by atoms with Crippen LogP contribution in [-0.2, 0) is 4.79 Å². The van der Waals surface area contributed by atoms with Crippen molar-refractivity contribution < 1.29 is 14.0 Å². The zero-order chi connectivity index (χ0) is 21.9. The fourth-order valence-corrected chi connectivity index (χ4v) is 3.45. The van der Waals surface area contributed by atoms with E-state index in [0.29, 0.717) is 10.6 Å². The average molecular weight is 447 g/mol. The summed E-state index contributed by atoms with van der Waals surface area (Å²) in [4.78, 5) is 28.0. The Labute approximate surface area is 182 Å². The highest BCUT2D eigenvalue weighted by atomic mass is 35.5. The smallest absolute Gasteiger partial charge is 0.280 e. The van der Waals surface area contributed by atoms with Gasteiger partial charge in [-0.2, -0.15) is 0 Å². The molecule has 0 saturated heterocycles. The summed E-state index contributed by atoms with van der Waals surface area (Å²) in [7, 11) is 0. The van der Waals surface area contributed by atoms with E-state index < -0.39 is 29.2 Å².